The number of cyclic esters (lactones) is 1. The van der Waals surface area contributed by atoms with Crippen molar-refractivity contribution in [2.75, 3.05) is 6.61 Å². The van der Waals surface area contributed by atoms with E-state index in [1.807, 2.05) is 66.7 Å². The van der Waals surface area contributed by atoms with Crippen LogP contribution in [0.25, 0.3) is 5.70 Å². The molecule has 1 atom stereocenters. The highest BCUT2D eigenvalue weighted by Gasteiger charge is 2.37. The molecule has 1 N–H and O–H groups in total. The van der Waals surface area contributed by atoms with Gasteiger partial charge in [-0.15, -0.1) is 0 Å². The second kappa shape index (κ2) is 9.19. The molecule has 1 aliphatic rings. The molecule has 0 unspecified atom stereocenters. The van der Waals surface area contributed by atoms with Gasteiger partial charge in [0.1, 0.15) is 11.6 Å². The molecule has 1 saturated heterocycles. The van der Waals surface area contributed by atoms with E-state index in [2.05, 4.69) is 26.2 Å². The van der Waals surface area contributed by atoms with Crippen molar-refractivity contribution in [1.29, 1.82) is 0 Å². The van der Waals surface area contributed by atoms with Crippen LogP contribution < -0.4 is 5.32 Å². The van der Waals surface area contributed by atoms with E-state index in [4.69, 9.17) is 17.0 Å². The second-order valence-electron chi connectivity index (χ2n) is 6.60. The van der Waals surface area contributed by atoms with Crippen LogP contribution in [0.3, 0.4) is 0 Å². The molecule has 0 radical (unpaired) electrons. The van der Waals surface area contributed by atoms with Gasteiger partial charge in [-0.1, -0.05) is 76.7 Å². The number of pyridine rings is 1. The van der Waals surface area contributed by atoms with Gasteiger partial charge in [-0.3, -0.25) is 9.88 Å². The third kappa shape index (κ3) is 4.27. The molecular weight excluding hydrogens is 462 g/mol. The Labute approximate surface area is 188 Å². The van der Waals surface area contributed by atoms with E-state index in [9.17, 15) is 4.79 Å². The van der Waals surface area contributed by atoms with Crippen molar-refractivity contribution in [3.05, 3.63) is 106 Å². The topological polar surface area (TPSA) is 54.5 Å². The highest BCUT2D eigenvalue weighted by Crippen LogP contribution is 2.35. The highest BCUT2D eigenvalue weighted by atomic mass is 79.9. The minimum Gasteiger partial charge on any atom is -0.447 e. The monoisotopic (exact) mass is 479 g/mol. The molecule has 3 aromatic rings. The summed E-state index contributed by atoms with van der Waals surface area (Å²) in [5.74, 6) is 0. The predicted octanol–water partition coefficient (Wildman–Crippen LogP) is 5.30. The number of carbonyl (C=O) groups is 1. The molecule has 7 heteroatoms. The van der Waals surface area contributed by atoms with Crippen LogP contribution in [0.5, 0.6) is 0 Å². The van der Waals surface area contributed by atoms with Crippen molar-refractivity contribution in [2.45, 2.75) is 6.04 Å². The first kappa shape index (κ1) is 20.3. The summed E-state index contributed by atoms with van der Waals surface area (Å²) in [5, 5.41) is 3.17. The first-order chi connectivity index (χ1) is 14.6. The predicted molar refractivity (Wildman–Crippen MR) is 124 cm³/mol. The molecule has 1 aliphatic heterocycles. The quantitative estimate of drug-likeness (QED) is 0.503. The number of halogens is 1. The van der Waals surface area contributed by atoms with E-state index in [0.29, 0.717) is 10.7 Å². The van der Waals surface area contributed by atoms with Crippen molar-refractivity contribution in [3.63, 3.8) is 0 Å². The number of rotatable bonds is 5. The van der Waals surface area contributed by atoms with E-state index in [1.54, 1.807) is 23.5 Å². The first-order valence-electron chi connectivity index (χ1n) is 9.32. The Balaban J connectivity index is 1.71. The van der Waals surface area contributed by atoms with Gasteiger partial charge in [0.25, 0.3) is 0 Å². The summed E-state index contributed by atoms with van der Waals surface area (Å²) >= 11 is 9.09. The van der Waals surface area contributed by atoms with Crippen LogP contribution in [0, 0.1) is 0 Å². The number of carbonyl (C=O) groups excluding carboxylic acids is 1. The molecule has 0 saturated carbocycles. The average molecular weight is 480 g/mol. The summed E-state index contributed by atoms with van der Waals surface area (Å²) in [6.45, 7) is 0.273. The molecule has 1 aromatic heterocycles. The fraction of sp³-hybridized carbons (Fsp3) is 0.0870. The van der Waals surface area contributed by atoms with E-state index in [1.165, 1.54) is 0 Å². The molecule has 2 aromatic carbocycles. The molecule has 2 heterocycles. The Kier molecular flexibility index (Phi) is 6.21. The Bertz CT molecular complexity index is 1090. The minimum atomic E-state index is -0.410. The van der Waals surface area contributed by atoms with Gasteiger partial charge in [-0.2, -0.15) is 0 Å². The molecular formula is C23H18BrN3O2S. The van der Waals surface area contributed by atoms with Crippen LogP contribution >= 0.6 is 28.1 Å². The lowest BCUT2D eigenvalue weighted by atomic mass is 10.1. The third-order valence-electron chi connectivity index (χ3n) is 4.73. The lowest BCUT2D eigenvalue weighted by Gasteiger charge is -2.25. The number of aromatic nitrogens is 1. The lowest BCUT2D eigenvalue weighted by molar-refractivity contribution is 0.167. The smallest absolute Gasteiger partial charge is 0.415 e. The third-order valence-corrected chi connectivity index (χ3v) is 5.76. The number of nitrogens with one attached hydrogen (secondary N) is 1. The van der Waals surface area contributed by atoms with Crippen molar-refractivity contribution < 1.29 is 9.53 Å². The molecule has 4 rings (SSSR count). The largest absolute Gasteiger partial charge is 0.447 e. The number of nitrogens with zero attached hydrogens (tertiary/aromatic N) is 2. The number of hydrogen-bond donors (Lipinski definition) is 1. The van der Waals surface area contributed by atoms with Crippen LogP contribution in [0.1, 0.15) is 22.7 Å². The molecule has 150 valence electrons. The van der Waals surface area contributed by atoms with Crippen molar-refractivity contribution in [3.8, 4) is 0 Å². The molecule has 0 aliphatic carbocycles. The molecule has 0 spiro atoms. The summed E-state index contributed by atoms with van der Waals surface area (Å²) in [5.41, 5.74) is 3.26. The summed E-state index contributed by atoms with van der Waals surface area (Å²) in [6, 6.07) is 21.0. The normalized spacial score (nSPS) is 16.3. The van der Waals surface area contributed by atoms with Crippen molar-refractivity contribution >= 4 is 44.9 Å². The number of ether oxygens (including phenoxy) is 1. The molecule has 1 amide bonds. The van der Waals surface area contributed by atoms with Gasteiger partial charge < -0.3 is 10.1 Å². The highest BCUT2D eigenvalue weighted by molar-refractivity contribution is 9.10. The summed E-state index contributed by atoms with van der Waals surface area (Å²) in [4.78, 5) is 19.1. The lowest BCUT2D eigenvalue weighted by Crippen LogP contribution is -2.28. The van der Waals surface area contributed by atoms with Gasteiger partial charge in [0, 0.05) is 34.2 Å². The number of thiocarbonyl (C=S) groups is 1. The first-order valence-corrected chi connectivity index (χ1v) is 10.5. The van der Waals surface area contributed by atoms with Crippen molar-refractivity contribution in [1.82, 2.24) is 15.2 Å². The van der Waals surface area contributed by atoms with E-state index in [-0.39, 0.29) is 12.6 Å². The number of hydrogen-bond acceptors (Lipinski definition) is 4. The zero-order valence-electron chi connectivity index (χ0n) is 15.9. The molecule has 1 fully saturated rings. The zero-order chi connectivity index (χ0) is 20.9. The maximum Gasteiger partial charge on any atom is 0.415 e. The summed E-state index contributed by atoms with van der Waals surface area (Å²) in [6.07, 6.45) is 4.73. The van der Waals surface area contributed by atoms with E-state index in [0.717, 1.165) is 21.2 Å². The Morgan fingerprint density at radius 2 is 1.90 bits per heavy atom. The maximum atomic E-state index is 12.7. The van der Waals surface area contributed by atoms with Gasteiger partial charge >= 0.3 is 6.09 Å². The average Bonchev–Trinajstić information content (AvgIpc) is 3.17. The van der Waals surface area contributed by atoms with Gasteiger partial charge in [0.2, 0.25) is 0 Å². The molecule has 0 bridgehead atoms. The Hall–Kier alpha value is -3.03. The van der Waals surface area contributed by atoms with Crippen LogP contribution in [0.15, 0.2) is 89.8 Å². The number of benzene rings is 2. The van der Waals surface area contributed by atoms with Gasteiger partial charge in [0.05, 0.1) is 11.7 Å². The van der Waals surface area contributed by atoms with Crippen molar-refractivity contribution in [2.24, 2.45) is 0 Å². The van der Waals surface area contributed by atoms with E-state index >= 15 is 0 Å². The minimum absolute atomic E-state index is 0.246. The Morgan fingerprint density at radius 3 is 2.63 bits per heavy atom. The summed E-state index contributed by atoms with van der Waals surface area (Å²) < 4.78 is 6.29. The number of amides is 1. The molecule has 30 heavy (non-hydrogen) atoms. The van der Waals surface area contributed by atoms with Crippen LogP contribution in [0.2, 0.25) is 0 Å². The van der Waals surface area contributed by atoms with Crippen LogP contribution in [-0.4, -0.2) is 27.6 Å². The van der Waals surface area contributed by atoms with Gasteiger partial charge in [-0.25, -0.2) is 4.79 Å². The SMILES string of the molecule is O=C1OC[C@@H](c2ccccc2)N1C(=CNC(=S)c1ccccc1Br)c1cccnc1. The van der Waals surface area contributed by atoms with Crippen LogP contribution in [-0.2, 0) is 4.74 Å². The fourth-order valence-electron chi connectivity index (χ4n) is 3.27. The van der Waals surface area contributed by atoms with E-state index < -0.39 is 6.09 Å². The second-order valence-corrected chi connectivity index (χ2v) is 7.86. The van der Waals surface area contributed by atoms with Gasteiger partial charge in [0.15, 0.2) is 0 Å². The molecule has 5 nitrogen and oxygen atoms in total. The summed E-state index contributed by atoms with van der Waals surface area (Å²) in [7, 11) is 0. The standard InChI is InChI=1S/C23H18BrN3O2S/c24-19-11-5-4-10-18(19)22(30)26-14-20(17-9-6-12-25-13-17)27-21(15-29-23(27)28)16-7-2-1-3-8-16/h1-14,21H,15H2,(H,26,30)/t21-/m0/s1. The Morgan fingerprint density at radius 1 is 1.13 bits per heavy atom. The zero-order valence-corrected chi connectivity index (χ0v) is 18.3. The maximum absolute atomic E-state index is 12.7. The fourth-order valence-corrected chi connectivity index (χ4v) is 4.12. The van der Waals surface area contributed by atoms with Crippen LogP contribution in [0.4, 0.5) is 4.79 Å². The van der Waals surface area contributed by atoms with Gasteiger partial charge in [-0.05, 0) is 23.8 Å².